The van der Waals surface area contributed by atoms with Crippen molar-refractivity contribution < 1.29 is 17.9 Å². The van der Waals surface area contributed by atoms with Crippen LogP contribution in [0.15, 0.2) is 12.1 Å². The lowest BCUT2D eigenvalue weighted by atomic mass is 10.2. The maximum absolute atomic E-state index is 12.2. The average Bonchev–Trinajstić information content (AvgIpc) is 2.34. The summed E-state index contributed by atoms with van der Waals surface area (Å²) in [5.41, 5.74) is -0.515. The Morgan fingerprint density at radius 2 is 1.86 bits per heavy atom. The van der Waals surface area contributed by atoms with Crippen molar-refractivity contribution in [1.29, 1.82) is 0 Å². The standard InChI is InChI=1S/C14H21ClN2O4S/c1-9(2)22(19,20)17(6)12-8-10(7-11(15)16-12)13(18)21-14(3,4)5/h7-9H,1-6H3. The van der Waals surface area contributed by atoms with Crippen molar-refractivity contribution in [2.24, 2.45) is 0 Å². The van der Waals surface area contributed by atoms with Crippen molar-refractivity contribution in [2.75, 3.05) is 11.4 Å². The fourth-order valence-corrected chi connectivity index (χ4v) is 2.74. The molecule has 8 heteroatoms. The second-order valence-corrected chi connectivity index (χ2v) is 9.01. The highest BCUT2D eigenvalue weighted by Crippen LogP contribution is 2.23. The molecule has 0 fully saturated rings. The van der Waals surface area contributed by atoms with Gasteiger partial charge in [-0.3, -0.25) is 4.31 Å². The molecule has 1 rings (SSSR count). The zero-order chi connectivity index (χ0) is 17.3. The number of anilines is 1. The molecule has 0 saturated carbocycles. The van der Waals surface area contributed by atoms with Crippen LogP contribution in [0.25, 0.3) is 0 Å². The minimum atomic E-state index is -3.56. The van der Waals surface area contributed by atoms with Crippen molar-refractivity contribution in [3.63, 3.8) is 0 Å². The van der Waals surface area contributed by atoms with Gasteiger partial charge in [0, 0.05) is 7.05 Å². The number of rotatable bonds is 4. The summed E-state index contributed by atoms with van der Waals surface area (Å²) < 4.78 is 30.6. The highest BCUT2D eigenvalue weighted by atomic mass is 35.5. The fraction of sp³-hybridized carbons (Fsp3) is 0.571. The molecular weight excluding hydrogens is 328 g/mol. The molecule has 6 nitrogen and oxygen atoms in total. The molecule has 1 aromatic rings. The number of pyridine rings is 1. The van der Waals surface area contributed by atoms with Crippen molar-refractivity contribution in [2.45, 2.75) is 45.5 Å². The maximum Gasteiger partial charge on any atom is 0.338 e. The van der Waals surface area contributed by atoms with E-state index < -0.39 is 26.8 Å². The predicted molar refractivity (Wildman–Crippen MR) is 86.9 cm³/mol. The van der Waals surface area contributed by atoms with Crippen LogP contribution in [0.5, 0.6) is 0 Å². The zero-order valence-corrected chi connectivity index (χ0v) is 15.1. The average molecular weight is 349 g/mol. The molecule has 0 aliphatic carbocycles. The second kappa shape index (κ2) is 6.42. The fourth-order valence-electron chi connectivity index (χ4n) is 1.55. The second-order valence-electron chi connectivity index (χ2n) is 6.10. The Bertz CT molecular complexity index is 666. The van der Waals surface area contributed by atoms with E-state index in [0.717, 1.165) is 4.31 Å². The molecule has 0 spiro atoms. The SMILES string of the molecule is CC(C)S(=O)(=O)N(C)c1cc(C(=O)OC(C)(C)C)cc(Cl)n1. The lowest BCUT2D eigenvalue weighted by Gasteiger charge is -2.22. The number of carbonyl (C=O) groups excluding carboxylic acids is 1. The van der Waals surface area contributed by atoms with Crippen LogP contribution < -0.4 is 4.31 Å². The van der Waals surface area contributed by atoms with Gasteiger partial charge in [0.25, 0.3) is 0 Å². The van der Waals surface area contributed by atoms with Gasteiger partial charge in [-0.2, -0.15) is 0 Å². The Morgan fingerprint density at radius 3 is 2.32 bits per heavy atom. The zero-order valence-electron chi connectivity index (χ0n) is 13.5. The molecule has 0 amide bonds. The van der Waals surface area contributed by atoms with E-state index in [1.807, 2.05) is 0 Å². The first kappa shape index (κ1) is 18.7. The van der Waals surface area contributed by atoms with Gasteiger partial charge in [-0.1, -0.05) is 11.6 Å². The van der Waals surface area contributed by atoms with Crippen molar-refractivity contribution in [3.8, 4) is 0 Å². The number of sulfonamides is 1. The number of nitrogens with zero attached hydrogens (tertiary/aromatic N) is 2. The third-order valence-electron chi connectivity index (χ3n) is 2.72. The summed E-state index contributed by atoms with van der Waals surface area (Å²) in [7, 11) is -2.20. The summed E-state index contributed by atoms with van der Waals surface area (Å²) in [6, 6.07) is 2.69. The van der Waals surface area contributed by atoms with E-state index in [9.17, 15) is 13.2 Å². The number of hydrogen-bond donors (Lipinski definition) is 0. The van der Waals surface area contributed by atoms with Crippen molar-refractivity contribution in [1.82, 2.24) is 4.98 Å². The van der Waals surface area contributed by atoms with Gasteiger partial charge >= 0.3 is 5.97 Å². The van der Waals surface area contributed by atoms with Crippen molar-refractivity contribution in [3.05, 3.63) is 22.8 Å². The minimum Gasteiger partial charge on any atom is -0.456 e. The van der Waals surface area contributed by atoms with E-state index in [1.165, 1.54) is 19.2 Å². The molecule has 1 heterocycles. The van der Waals surface area contributed by atoms with Crippen LogP contribution in [0.4, 0.5) is 5.82 Å². The molecule has 1 aromatic heterocycles. The molecule has 0 aliphatic rings. The lowest BCUT2D eigenvalue weighted by Crippen LogP contribution is -2.33. The Balaban J connectivity index is 3.23. The quantitative estimate of drug-likeness (QED) is 0.617. The molecule has 0 atom stereocenters. The molecule has 0 aromatic carbocycles. The number of carbonyl (C=O) groups is 1. The van der Waals surface area contributed by atoms with Gasteiger partial charge in [-0.15, -0.1) is 0 Å². The van der Waals surface area contributed by atoms with E-state index in [-0.39, 0.29) is 16.5 Å². The van der Waals surface area contributed by atoms with Gasteiger partial charge in [0.15, 0.2) is 0 Å². The van der Waals surface area contributed by atoms with Crippen LogP contribution in [0.1, 0.15) is 45.0 Å². The van der Waals surface area contributed by atoms with Crippen LogP contribution in [0.2, 0.25) is 5.15 Å². The summed E-state index contributed by atoms with van der Waals surface area (Å²) in [6.45, 7) is 8.34. The first-order chi connectivity index (χ1) is 9.84. The van der Waals surface area contributed by atoms with E-state index in [2.05, 4.69) is 4.98 Å². The Hall–Kier alpha value is -1.34. The number of ether oxygens (including phenoxy) is 1. The van der Waals surface area contributed by atoms with E-state index >= 15 is 0 Å². The van der Waals surface area contributed by atoms with Gasteiger partial charge in [0.2, 0.25) is 10.0 Å². The number of hydrogen-bond acceptors (Lipinski definition) is 5. The number of aromatic nitrogens is 1. The van der Waals surface area contributed by atoms with Crippen LogP contribution >= 0.6 is 11.6 Å². The van der Waals surface area contributed by atoms with E-state index in [0.29, 0.717) is 0 Å². The van der Waals surface area contributed by atoms with Crippen LogP contribution in [0.3, 0.4) is 0 Å². The van der Waals surface area contributed by atoms with Gasteiger partial charge in [0.1, 0.15) is 16.6 Å². The monoisotopic (exact) mass is 348 g/mol. The van der Waals surface area contributed by atoms with Crippen LogP contribution in [-0.2, 0) is 14.8 Å². The minimum absolute atomic E-state index is 0.0177. The molecule has 0 unspecified atom stereocenters. The predicted octanol–water partition coefficient (Wildman–Crippen LogP) is 2.86. The lowest BCUT2D eigenvalue weighted by molar-refractivity contribution is 0.00694. The van der Waals surface area contributed by atoms with Crippen LogP contribution in [-0.4, -0.2) is 37.3 Å². The molecule has 124 valence electrons. The molecule has 22 heavy (non-hydrogen) atoms. The van der Waals surface area contributed by atoms with E-state index in [1.54, 1.807) is 34.6 Å². The summed E-state index contributed by atoms with van der Waals surface area (Å²) >= 11 is 5.90. The molecule has 0 saturated heterocycles. The van der Waals surface area contributed by atoms with Crippen LogP contribution in [0, 0.1) is 0 Å². The number of esters is 1. The van der Waals surface area contributed by atoms with Crippen molar-refractivity contribution >= 4 is 33.4 Å². The first-order valence-corrected chi connectivity index (χ1v) is 8.61. The topological polar surface area (TPSA) is 76.6 Å². The Morgan fingerprint density at radius 1 is 1.32 bits per heavy atom. The molecule has 0 radical (unpaired) electrons. The summed E-state index contributed by atoms with van der Waals surface area (Å²) in [4.78, 5) is 16.1. The molecular formula is C14H21ClN2O4S. The summed E-state index contributed by atoms with van der Waals surface area (Å²) in [5.74, 6) is -0.518. The van der Waals surface area contributed by atoms with E-state index in [4.69, 9.17) is 16.3 Å². The Labute approximate surface area is 136 Å². The Kier molecular flexibility index (Phi) is 5.46. The van der Waals surface area contributed by atoms with Gasteiger partial charge in [-0.25, -0.2) is 18.2 Å². The van der Waals surface area contributed by atoms with Gasteiger partial charge in [-0.05, 0) is 46.8 Å². The third kappa shape index (κ3) is 4.58. The third-order valence-corrected chi connectivity index (χ3v) is 5.05. The smallest absolute Gasteiger partial charge is 0.338 e. The molecule has 0 N–H and O–H groups in total. The molecule has 0 bridgehead atoms. The highest BCUT2D eigenvalue weighted by molar-refractivity contribution is 7.93. The van der Waals surface area contributed by atoms with Gasteiger partial charge in [0.05, 0.1) is 10.8 Å². The number of halogens is 1. The first-order valence-electron chi connectivity index (χ1n) is 6.73. The summed E-state index contributed by atoms with van der Waals surface area (Å²) in [6.07, 6.45) is 0. The maximum atomic E-state index is 12.2. The normalized spacial score (nSPS) is 12.4. The largest absolute Gasteiger partial charge is 0.456 e. The summed E-state index contributed by atoms with van der Waals surface area (Å²) in [5, 5.41) is -0.604. The molecule has 0 aliphatic heterocycles. The highest BCUT2D eigenvalue weighted by Gasteiger charge is 2.26. The van der Waals surface area contributed by atoms with Gasteiger partial charge < -0.3 is 4.74 Å².